The highest BCUT2D eigenvalue weighted by atomic mass is 16.3. The summed E-state index contributed by atoms with van der Waals surface area (Å²) in [6, 6.07) is 8.05. The second kappa shape index (κ2) is 2.76. The fourth-order valence-electron chi connectivity index (χ4n) is 1.61. The van der Waals surface area contributed by atoms with E-state index in [4.69, 9.17) is 0 Å². The zero-order valence-electron chi connectivity index (χ0n) is 7.12. The average Bonchev–Trinajstić information content (AvgIpc) is 2.12. The summed E-state index contributed by atoms with van der Waals surface area (Å²) in [5.41, 5.74) is 3.38. The van der Waals surface area contributed by atoms with Crippen molar-refractivity contribution in [2.45, 2.75) is 19.4 Å². The van der Waals surface area contributed by atoms with Gasteiger partial charge < -0.3 is 5.11 Å². The van der Waals surface area contributed by atoms with Gasteiger partial charge in [-0.05, 0) is 30.0 Å². The van der Waals surface area contributed by atoms with E-state index < -0.39 is 0 Å². The van der Waals surface area contributed by atoms with Gasteiger partial charge in [0.25, 0.3) is 0 Å². The van der Waals surface area contributed by atoms with Gasteiger partial charge in [0.15, 0.2) is 0 Å². The van der Waals surface area contributed by atoms with Crippen LogP contribution in [0.15, 0.2) is 35.9 Å². The van der Waals surface area contributed by atoms with Crippen molar-refractivity contribution < 1.29 is 5.11 Å². The van der Waals surface area contributed by atoms with Gasteiger partial charge in [0, 0.05) is 0 Å². The predicted molar refractivity (Wildman–Crippen MR) is 48.9 cm³/mol. The van der Waals surface area contributed by atoms with E-state index in [1.807, 2.05) is 25.1 Å². The van der Waals surface area contributed by atoms with Crippen molar-refractivity contribution in [1.82, 2.24) is 0 Å². The summed E-state index contributed by atoms with van der Waals surface area (Å²) >= 11 is 0. The maximum atomic E-state index is 9.76. The van der Waals surface area contributed by atoms with E-state index in [1.54, 1.807) is 0 Å². The predicted octanol–water partition coefficient (Wildman–Crippen LogP) is 2.22. The molecule has 1 nitrogen and oxygen atoms in total. The molecule has 0 saturated carbocycles. The highest BCUT2D eigenvalue weighted by Gasteiger charge is 2.16. The zero-order valence-corrected chi connectivity index (χ0v) is 7.12. The summed E-state index contributed by atoms with van der Waals surface area (Å²) in [5, 5.41) is 9.76. The molecule has 0 aromatic heterocycles. The van der Waals surface area contributed by atoms with Crippen LogP contribution < -0.4 is 0 Å². The Morgan fingerprint density at radius 2 is 2.08 bits per heavy atom. The molecular formula is C11H12O. The van der Waals surface area contributed by atoms with Crippen molar-refractivity contribution in [1.29, 1.82) is 0 Å². The van der Waals surface area contributed by atoms with Crippen molar-refractivity contribution in [3.8, 4) is 0 Å². The summed E-state index contributed by atoms with van der Waals surface area (Å²) in [5.74, 6) is 0. The molecule has 1 N–H and O–H groups in total. The lowest BCUT2D eigenvalue weighted by Crippen LogP contribution is -2.07. The first kappa shape index (κ1) is 7.56. The first-order chi connectivity index (χ1) is 5.79. The van der Waals surface area contributed by atoms with Gasteiger partial charge in [-0.1, -0.05) is 30.3 Å². The monoisotopic (exact) mass is 160 g/mol. The van der Waals surface area contributed by atoms with Crippen LogP contribution in [-0.2, 0) is 6.42 Å². The molecular weight excluding hydrogens is 148 g/mol. The number of fused-ring (bicyclic) bond motifs is 1. The number of benzene rings is 1. The van der Waals surface area contributed by atoms with Crippen LogP contribution >= 0.6 is 0 Å². The Bertz CT molecular complexity index is 326. The Morgan fingerprint density at radius 3 is 2.92 bits per heavy atom. The lowest BCUT2D eigenvalue weighted by Gasteiger charge is -2.20. The molecule has 2 rings (SSSR count). The quantitative estimate of drug-likeness (QED) is 0.577. The van der Waals surface area contributed by atoms with E-state index >= 15 is 0 Å². The third-order valence-electron chi connectivity index (χ3n) is 2.42. The second-order valence-corrected chi connectivity index (χ2v) is 3.25. The fourth-order valence-corrected chi connectivity index (χ4v) is 1.61. The Balaban J connectivity index is 2.49. The summed E-state index contributed by atoms with van der Waals surface area (Å²) in [6.45, 7) is 1.97. The van der Waals surface area contributed by atoms with E-state index in [-0.39, 0.29) is 6.10 Å². The number of allylic oxidation sites excluding steroid dienone is 1. The Hall–Kier alpha value is -1.08. The standard InChI is InChI=1S/C11H12O/c1-8-6-7-9-4-2-3-5-10(9)11(8)12/h2-6,11-12H,7H2,1H3. The maximum absolute atomic E-state index is 9.76. The first-order valence-corrected chi connectivity index (χ1v) is 4.21. The van der Waals surface area contributed by atoms with E-state index in [1.165, 1.54) is 5.56 Å². The zero-order chi connectivity index (χ0) is 8.55. The molecule has 12 heavy (non-hydrogen) atoms. The van der Waals surface area contributed by atoms with E-state index in [9.17, 15) is 5.11 Å². The molecule has 1 aliphatic rings. The Kier molecular flexibility index (Phi) is 1.74. The third kappa shape index (κ3) is 1.07. The topological polar surface area (TPSA) is 20.2 Å². The molecule has 1 unspecified atom stereocenters. The molecule has 0 saturated heterocycles. The lowest BCUT2D eigenvalue weighted by atomic mass is 9.90. The van der Waals surface area contributed by atoms with Crippen molar-refractivity contribution in [3.05, 3.63) is 47.0 Å². The minimum Gasteiger partial charge on any atom is -0.384 e. The van der Waals surface area contributed by atoms with Crippen LogP contribution in [0, 0.1) is 0 Å². The molecule has 0 spiro atoms. The molecule has 0 fully saturated rings. The molecule has 0 heterocycles. The van der Waals surface area contributed by atoms with Gasteiger partial charge in [-0.15, -0.1) is 0 Å². The Labute approximate surface area is 72.4 Å². The van der Waals surface area contributed by atoms with E-state index in [0.29, 0.717) is 0 Å². The van der Waals surface area contributed by atoms with Gasteiger partial charge in [-0.3, -0.25) is 0 Å². The minimum absolute atomic E-state index is 0.380. The van der Waals surface area contributed by atoms with Crippen LogP contribution in [0.1, 0.15) is 24.2 Å². The van der Waals surface area contributed by atoms with Crippen molar-refractivity contribution in [2.24, 2.45) is 0 Å². The molecule has 1 aromatic carbocycles. The molecule has 1 heteroatoms. The third-order valence-corrected chi connectivity index (χ3v) is 2.42. The van der Waals surface area contributed by atoms with Crippen molar-refractivity contribution in [3.63, 3.8) is 0 Å². The van der Waals surface area contributed by atoms with Gasteiger partial charge in [0.05, 0.1) is 0 Å². The maximum Gasteiger partial charge on any atom is 0.100 e. The summed E-state index contributed by atoms with van der Waals surface area (Å²) in [7, 11) is 0. The average molecular weight is 160 g/mol. The molecule has 1 atom stereocenters. The number of hydrogen-bond donors (Lipinski definition) is 1. The lowest BCUT2D eigenvalue weighted by molar-refractivity contribution is 0.212. The number of hydrogen-bond acceptors (Lipinski definition) is 1. The van der Waals surface area contributed by atoms with E-state index in [2.05, 4.69) is 12.1 Å². The Morgan fingerprint density at radius 1 is 1.33 bits per heavy atom. The number of aliphatic hydroxyl groups is 1. The first-order valence-electron chi connectivity index (χ1n) is 4.21. The number of aliphatic hydroxyl groups excluding tert-OH is 1. The van der Waals surface area contributed by atoms with Crippen LogP contribution in [0.25, 0.3) is 0 Å². The van der Waals surface area contributed by atoms with Gasteiger partial charge in [0.1, 0.15) is 6.10 Å². The van der Waals surface area contributed by atoms with Gasteiger partial charge in [0.2, 0.25) is 0 Å². The van der Waals surface area contributed by atoms with Crippen LogP contribution in [0.4, 0.5) is 0 Å². The largest absolute Gasteiger partial charge is 0.384 e. The minimum atomic E-state index is -0.380. The summed E-state index contributed by atoms with van der Waals surface area (Å²) in [4.78, 5) is 0. The highest BCUT2D eigenvalue weighted by molar-refractivity contribution is 5.38. The molecule has 0 aliphatic heterocycles. The van der Waals surface area contributed by atoms with Crippen molar-refractivity contribution in [2.75, 3.05) is 0 Å². The normalized spacial score (nSPS) is 21.5. The van der Waals surface area contributed by atoms with Crippen LogP contribution in [0.5, 0.6) is 0 Å². The highest BCUT2D eigenvalue weighted by Crippen LogP contribution is 2.29. The van der Waals surface area contributed by atoms with Crippen LogP contribution in [0.3, 0.4) is 0 Å². The molecule has 1 aliphatic carbocycles. The SMILES string of the molecule is CC1=CCc2ccccc2C1O. The summed E-state index contributed by atoms with van der Waals surface area (Å²) < 4.78 is 0. The summed E-state index contributed by atoms with van der Waals surface area (Å²) in [6.07, 6.45) is 2.67. The fraction of sp³-hybridized carbons (Fsp3) is 0.273. The van der Waals surface area contributed by atoms with Crippen LogP contribution in [0.2, 0.25) is 0 Å². The molecule has 0 bridgehead atoms. The second-order valence-electron chi connectivity index (χ2n) is 3.25. The molecule has 0 radical (unpaired) electrons. The van der Waals surface area contributed by atoms with Crippen molar-refractivity contribution >= 4 is 0 Å². The van der Waals surface area contributed by atoms with Gasteiger partial charge >= 0.3 is 0 Å². The van der Waals surface area contributed by atoms with Gasteiger partial charge in [-0.25, -0.2) is 0 Å². The molecule has 1 aromatic rings. The van der Waals surface area contributed by atoms with E-state index in [0.717, 1.165) is 17.6 Å². The smallest absolute Gasteiger partial charge is 0.100 e. The van der Waals surface area contributed by atoms with Crippen LogP contribution in [-0.4, -0.2) is 5.11 Å². The molecule has 62 valence electrons. The number of rotatable bonds is 0. The molecule has 0 amide bonds. The van der Waals surface area contributed by atoms with Gasteiger partial charge in [-0.2, -0.15) is 0 Å².